The Kier molecular flexibility index (Phi) is 13.1. The predicted molar refractivity (Wildman–Crippen MR) is 155 cm³/mol. The number of benzene rings is 1. The highest BCUT2D eigenvalue weighted by Crippen LogP contribution is 2.20. The van der Waals surface area contributed by atoms with Crippen LogP contribution in [-0.2, 0) is 19.0 Å². The maximum Gasteiger partial charge on any atom is 0.367 e. The lowest BCUT2D eigenvalue weighted by atomic mass is 9.97. The number of esters is 1. The number of nitrogens with one attached hydrogen (secondary N) is 1. The monoisotopic (exact) mass is 598 g/mol. The molecule has 0 aromatic heterocycles. The molecule has 230 valence electrons. The Bertz CT molecular complexity index is 1060. The Morgan fingerprint density at radius 1 is 0.951 bits per heavy atom. The van der Waals surface area contributed by atoms with E-state index in [2.05, 4.69) is 10.3 Å². The number of rotatable bonds is 11. The van der Waals surface area contributed by atoms with Crippen molar-refractivity contribution in [3.63, 3.8) is 0 Å². The molecule has 0 bridgehead atoms. The largest absolute Gasteiger partial charge is 0.491 e. The summed E-state index contributed by atoms with van der Waals surface area (Å²) in [5, 5.41) is 42.4. The fourth-order valence-corrected chi connectivity index (χ4v) is 4.07. The number of amidine groups is 1. The summed E-state index contributed by atoms with van der Waals surface area (Å²) < 4.78 is 21.8. The average molecular weight is 599 g/mol. The molecule has 0 radical (unpaired) electrons. The van der Waals surface area contributed by atoms with Gasteiger partial charge in [0.1, 0.15) is 59.4 Å². The van der Waals surface area contributed by atoms with Gasteiger partial charge in [0.15, 0.2) is 0 Å². The Morgan fingerprint density at radius 2 is 1.59 bits per heavy atom. The van der Waals surface area contributed by atoms with Gasteiger partial charge in [0.05, 0.1) is 19.8 Å². The van der Waals surface area contributed by atoms with Gasteiger partial charge < -0.3 is 44.7 Å². The van der Waals surface area contributed by atoms with E-state index in [-0.39, 0.29) is 23.4 Å². The fraction of sp³-hybridized carbons (Fsp3) is 0.607. The van der Waals surface area contributed by atoms with E-state index < -0.39 is 48.1 Å². The molecule has 1 aromatic rings. The molecule has 1 aliphatic rings. The second-order valence-electron chi connectivity index (χ2n) is 11.2. The zero-order valence-corrected chi connectivity index (χ0v) is 25.1. The highest BCUT2D eigenvalue weighted by Gasteiger charge is 2.39. The molecular formula is C28H42N2O10S. The summed E-state index contributed by atoms with van der Waals surface area (Å²) in [5.74, 6) is 0.100. The molecule has 1 heterocycles. The van der Waals surface area contributed by atoms with Crippen molar-refractivity contribution < 1.29 is 49.0 Å². The van der Waals surface area contributed by atoms with Crippen molar-refractivity contribution in [3.05, 3.63) is 35.5 Å². The van der Waals surface area contributed by atoms with Crippen LogP contribution in [0.4, 0.5) is 4.79 Å². The van der Waals surface area contributed by atoms with Crippen molar-refractivity contribution in [1.82, 2.24) is 5.32 Å². The first-order valence-corrected chi connectivity index (χ1v) is 14.2. The number of aliphatic hydroxyl groups is 4. The first-order chi connectivity index (χ1) is 19.1. The lowest BCUT2D eigenvalue weighted by molar-refractivity contribution is -0.150. The Morgan fingerprint density at radius 3 is 2.17 bits per heavy atom. The second-order valence-corrected chi connectivity index (χ2v) is 12.2. The topological polar surface area (TPSA) is 176 Å². The number of thioether (sulfide) groups is 1. The third-order valence-electron chi connectivity index (χ3n) is 5.25. The molecule has 1 aliphatic heterocycles. The minimum absolute atomic E-state index is 0.0793. The summed E-state index contributed by atoms with van der Waals surface area (Å²) in [6.45, 7) is 10.9. The minimum Gasteiger partial charge on any atom is -0.491 e. The molecule has 5 N–H and O–H groups in total. The van der Waals surface area contributed by atoms with Gasteiger partial charge in [0.2, 0.25) is 0 Å². The third kappa shape index (κ3) is 12.4. The Labute approximate surface area is 244 Å². The Hall–Kier alpha value is -2.68. The molecule has 4 atom stereocenters. The summed E-state index contributed by atoms with van der Waals surface area (Å²) >= 11 is 1.05. The molecule has 2 rings (SSSR count). The number of hydrogen-bond donors (Lipinski definition) is 5. The van der Waals surface area contributed by atoms with Crippen LogP contribution in [0.3, 0.4) is 0 Å². The maximum atomic E-state index is 12.9. The number of aliphatic imine (C=N–C) groups is 1. The summed E-state index contributed by atoms with van der Waals surface area (Å²) in [5.41, 5.74) is -0.832. The van der Waals surface area contributed by atoms with Crippen LogP contribution < -0.4 is 10.1 Å². The molecule has 13 heteroatoms. The molecule has 0 fully saturated rings. The number of carbonyl (C=O) groups excluding carboxylic acids is 2. The van der Waals surface area contributed by atoms with E-state index in [9.17, 15) is 30.0 Å². The van der Waals surface area contributed by atoms with E-state index in [0.29, 0.717) is 30.3 Å². The van der Waals surface area contributed by atoms with Gasteiger partial charge in [0.25, 0.3) is 0 Å². The molecule has 0 aliphatic carbocycles. The van der Waals surface area contributed by atoms with Crippen molar-refractivity contribution in [3.8, 4) is 5.75 Å². The third-order valence-corrected chi connectivity index (χ3v) is 5.94. The standard InChI is InChI=1S/C28H42N2O10S/c1-27(2,3)39-25(35)19(29-24-23(34)22(33)21(32)20(16-31)30-24)15-17-7-9-18(10-8-17)38-12-11-37-13-14-41-26(36)40-28(4,5)6/h7-10,15,20-23,31-34H,11-14,16H2,1-6H3,(H,29,30)/b19-15-/t20-,21-,22+,23-/m1/s1. The highest BCUT2D eigenvalue weighted by atomic mass is 32.2. The van der Waals surface area contributed by atoms with E-state index in [0.717, 1.165) is 11.8 Å². The van der Waals surface area contributed by atoms with Gasteiger partial charge >= 0.3 is 11.3 Å². The van der Waals surface area contributed by atoms with Crippen molar-refractivity contribution in [1.29, 1.82) is 0 Å². The SMILES string of the molecule is CC(C)(C)OC(=O)SCCOCCOc1ccc(/C=C(\NC2=N[C@H](CO)[C@@H](O)[C@H](O)[C@H]2O)C(=O)OC(C)(C)C)cc1. The molecular weight excluding hydrogens is 556 g/mol. The molecule has 12 nitrogen and oxygen atoms in total. The number of hydrogen-bond acceptors (Lipinski definition) is 13. The van der Waals surface area contributed by atoms with Crippen LogP contribution in [0.15, 0.2) is 35.0 Å². The quantitative estimate of drug-likeness (QED) is 0.142. The smallest absolute Gasteiger partial charge is 0.367 e. The molecule has 0 saturated heterocycles. The Balaban J connectivity index is 1.99. The van der Waals surface area contributed by atoms with Crippen molar-refractivity contribution in [2.24, 2.45) is 4.99 Å². The van der Waals surface area contributed by atoms with E-state index in [4.69, 9.17) is 18.9 Å². The van der Waals surface area contributed by atoms with Crippen LogP contribution in [0.1, 0.15) is 47.1 Å². The lowest BCUT2D eigenvalue weighted by Gasteiger charge is -2.33. The highest BCUT2D eigenvalue weighted by molar-refractivity contribution is 8.13. The summed E-state index contributed by atoms with van der Waals surface area (Å²) in [6, 6.07) is 5.72. The van der Waals surface area contributed by atoms with Gasteiger partial charge in [-0.05, 0) is 77.1 Å². The van der Waals surface area contributed by atoms with Crippen LogP contribution in [0.2, 0.25) is 0 Å². The zero-order valence-electron chi connectivity index (χ0n) is 24.3. The molecule has 0 unspecified atom stereocenters. The van der Waals surface area contributed by atoms with E-state index in [1.807, 2.05) is 20.8 Å². The van der Waals surface area contributed by atoms with E-state index in [1.54, 1.807) is 45.0 Å². The van der Waals surface area contributed by atoms with Crippen molar-refractivity contribution in [2.45, 2.75) is 77.1 Å². The molecule has 1 aromatic carbocycles. The lowest BCUT2D eigenvalue weighted by Crippen LogP contribution is -2.56. The normalized spacial score (nSPS) is 21.6. The summed E-state index contributed by atoms with van der Waals surface area (Å²) in [4.78, 5) is 28.7. The van der Waals surface area contributed by atoms with Gasteiger partial charge in [-0.3, -0.25) is 4.99 Å². The minimum atomic E-state index is -1.62. The van der Waals surface area contributed by atoms with Gasteiger partial charge in [-0.1, -0.05) is 12.1 Å². The zero-order chi connectivity index (χ0) is 30.8. The second kappa shape index (κ2) is 15.5. The number of carbonyl (C=O) groups is 2. The predicted octanol–water partition coefficient (Wildman–Crippen LogP) is 1.88. The maximum absolute atomic E-state index is 12.9. The van der Waals surface area contributed by atoms with Gasteiger partial charge in [-0.25, -0.2) is 9.59 Å². The van der Waals surface area contributed by atoms with Crippen LogP contribution in [0.25, 0.3) is 6.08 Å². The number of ether oxygens (including phenoxy) is 4. The molecule has 0 amide bonds. The van der Waals surface area contributed by atoms with Crippen LogP contribution in [0.5, 0.6) is 5.75 Å². The number of nitrogens with zero attached hydrogens (tertiary/aromatic N) is 1. The molecule has 0 saturated carbocycles. The molecule has 41 heavy (non-hydrogen) atoms. The van der Waals surface area contributed by atoms with Gasteiger partial charge in [0, 0.05) is 5.75 Å². The fourth-order valence-electron chi connectivity index (χ4n) is 3.39. The van der Waals surface area contributed by atoms with Crippen LogP contribution in [-0.4, -0.2) is 105 Å². The van der Waals surface area contributed by atoms with E-state index in [1.165, 1.54) is 6.08 Å². The van der Waals surface area contributed by atoms with Crippen molar-refractivity contribution in [2.75, 3.05) is 32.2 Å². The first kappa shape index (κ1) is 34.5. The molecule has 0 spiro atoms. The van der Waals surface area contributed by atoms with Gasteiger partial charge in [-0.15, -0.1) is 0 Å². The van der Waals surface area contributed by atoms with Crippen molar-refractivity contribution >= 4 is 34.9 Å². The first-order valence-electron chi connectivity index (χ1n) is 13.2. The number of aliphatic hydroxyl groups excluding tert-OH is 4. The summed E-state index contributed by atoms with van der Waals surface area (Å²) in [7, 11) is 0. The van der Waals surface area contributed by atoms with Gasteiger partial charge in [-0.2, -0.15) is 0 Å². The van der Waals surface area contributed by atoms with Crippen LogP contribution in [0, 0.1) is 0 Å². The summed E-state index contributed by atoms with van der Waals surface area (Å²) in [6.07, 6.45) is -3.23. The average Bonchev–Trinajstić information content (AvgIpc) is 2.86. The van der Waals surface area contributed by atoms with Crippen LogP contribution >= 0.6 is 11.8 Å². The van der Waals surface area contributed by atoms with E-state index >= 15 is 0 Å².